The highest BCUT2D eigenvalue weighted by Crippen LogP contribution is 2.33. The van der Waals surface area contributed by atoms with Crippen LogP contribution in [0, 0.1) is 0 Å². The fourth-order valence-electron chi connectivity index (χ4n) is 3.48. The van der Waals surface area contributed by atoms with Crippen LogP contribution in [0.4, 0.5) is 5.69 Å². The minimum absolute atomic E-state index is 0.0134. The van der Waals surface area contributed by atoms with Gasteiger partial charge in [-0.3, -0.25) is 4.79 Å². The normalized spacial score (nSPS) is 18.5. The Labute approximate surface area is 169 Å². The number of benzene rings is 2. The monoisotopic (exact) mass is 402 g/mol. The topological polar surface area (TPSA) is 60.0 Å². The Bertz CT molecular complexity index is 845. The first-order chi connectivity index (χ1) is 13.7. The van der Waals surface area contributed by atoms with E-state index in [2.05, 4.69) is 5.32 Å². The number of anilines is 1. The van der Waals surface area contributed by atoms with Crippen LogP contribution in [0.25, 0.3) is 0 Å². The number of carbonyl (C=O) groups is 1. The predicted octanol–water partition coefficient (Wildman–Crippen LogP) is 3.59. The molecule has 0 saturated carbocycles. The molecule has 0 spiro atoms. The number of para-hydroxylation sites is 1. The summed E-state index contributed by atoms with van der Waals surface area (Å²) in [5, 5.41) is 4.01. The predicted molar refractivity (Wildman–Crippen MR) is 108 cm³/mol. The fraction of sp³-hybridized carbons (Fsp3) is 0.381. The van der Waals surface area contributed by atoms with Crippen LogP contribution in [0.2, 0.25) is 5.02 Å². The number of likely N-dealkylation sites (tertiary alicyclic amines) is 1. The Hall–Kier alpha value is -2.60. The van der Waals surface area contributed by atoms with E-state index < -0.39 is 0 Å². The molecule has 1 amide bonds. The van der Waals surface area contributed by atoms with Crippen LogP contribution in [-0.2, 0) is 4.79 Å². The molecule has 0 unspecified atom stereocenters. The molecule has 0 radical (unpaired) electrons. The third-order valence-electron chi connectivity index (χ3n) is 4.87. The molecule has 0 aliphatic carbocycles. The van der Waals surface area contributed by atoms with Gasteiger partial charge < -0.3 is 24.4 Å². The number of ether oxygens (including phenoxy) is 3. The number of nitrogens with zero attached hydrogens (tertiary/aromatic N) is 1. The van der Waals surface area contributed by atoms with Gasteiger partial charge in [0.15, 0.2) is 18.1 Å². The van der Waals surface area contributed by atoms with Crippen molar-refractivity contribution >= 4 is 23.2 Å². The van der Waals surface area contributed by atoms with Gasteiger partial charge in [0.05, 0.1) is 5.02 Å². The second-order valence-electron chi connectivity index (χ2n) is 6.90. The molecule has 0 bridgehead atoms. The Kier molecular flexibility index (Phi) is 5.76. The lowest BCUT2D eigenvalue weighted by atomic mass is 10.1. The number of halogens is 1. The summed E-state index contributed by atoms with van der Waals surface area (Å²) in [4.78, 5) is 14.4. The van der Waals surface area contributed by atoms with Crippen LogP contribution in [0.1, 0.15) is 12.8 Å². The van der Waals surface area contributed by atoms with Crippen molar-refractivity contribution in [3.63, 3.8) is 0 Å². The van der Waals surface area contributed by atoms with E-state index in [9.17, 15) is 4.79 Å². The number of rotatable bonds is 5. The van der Waals surface area contributed by atoms with Crippen molar-refractivity contribution in [2.24, 2.45) is 0 Å². The molecule has 1 N–H and O–H groups in total. The molecule has 7 heteroatoms. The van der Waals surface area contributed by atoms with Gasteiger partial charge in [-0.25, -0.2) is 0 Å². The van der Waals surface area contributed by atoms with Crippen LogP contribution >= 0.6 is 11.6 Å². The lowest BCUT2D eigenvalue weighted by Crippen LogP contribution is -2.46. The molecule has 6 nitrogen and oxygen atoms in total. The average molecular weight is 403 g/mol. The molecule has 0 aromatic heterocycles. The van der Waals surface area contributed by atoms with E-state index in [0.717, 1.165) is 36.6 Å². The number of amides is 1. The molecule has 2 heterocycles. The summed E-state index contributed by atoms with van der Waals surface area (Å²) in [6.07, 6.45) is 1.95. The highest BCUT2D eigenvalue weighted by atomic mass is 35.5. The summed E-state index contributed by atoms with van der Waals surface area (Å²) in [7, 11) is 0. The maximum absolute atomic E-state index is 12.6. The zero-order valence-corrected chi connectivity index (χ0v) is 16.3. The molecule has 148 valence electrons. The quantitative estimate of drug-likeness (QED) is 0.828. The molecule has 1 saturated heterocycles. The number of fused-ring (bicyclic) bond motifs is 1. The minimum atomic E-state index is -0.0337. The molecule has 2 aliphatic rings. The van der Waals surface area contributed by atoms with Crippen molar-refractivity contribution in [1.29, 1.82) is 0 Å². The van der Waals surface area contributed by atoms with E-state index in [1.807, 2.05) is 35.2 Å². The first-order valence-electron chi connectivity index (χ1n) is 9.50. The summed E-state index contributed by atoms with van der Waals surface area (Å²) in [5.41, 5.74) is 0.968. The van der Waals surface area contributed by atoms with Gasteiger partial charge in [-0.15, -0.1) is 0 Å². The molecule has 28 heavy (non-hydrogen) atoms. The lowest BCUT2D eigenvalue weighted by Gasteiger charge is -2.34. The Morgan fingerprint density at radius 1 is 1.18 bits per heavy atom. The van der Waals surface area contributed by atoms with E-state index in [0.29, 0.717) is 30.5 Å². The summed E-state index contributed by atoms with van der Waals surface area (Å²) in [6, 6.07) is 13.2. The van der Waals surface area contributed by atoms with Crippen molar-refractivity contribution in [2.45, 2.75) is 18.9 Å². The van der Waals surface area contributed by atoms with Crippen LogP contribution in [0.5, 0.6) is 17.2 Å². The smallest absolute Gasteiger partial charge is 0.260 e. The van der Waals surface area contributed by atoms with Gasteiger partial charge >= 0.3 is 0 Å². The summed E-state index contributed by atoms with van der Waals surface area (Å²) >= 11 is 6.08. The zero-order valence-electron chi connectivity index (χ0n) is 15.5. The van der Waals surface area contributed by atoms with E-state index in [4.69, 9.17) is 25.8 Å². The van der Waals surface area contributed by atoms with Crippen molar-refractivity contribution in [1.82, 2.24) is 4.90 Å². The summed E-state index contributed by atoms with van der Waals surface area (Å²) in [6.45, 7) is 2.51. The van der Waals surface area contributed by atoms with Crippen molar-refractivity contribution in [3.8, 4) is 17.2 Å². The van der Waals surface area contributed by atoms with Gasteiger partial charge in [0.25, 0.3) is 5.91 Å². The Morgan fingerprint density at radius 2 is 2.00 bits per heavy atom. The fourth-order valence-corrected chi connectivity index (χ4v) is 3.67. The minimum Gasteiger partial charge on any atom is -0.486 e. The number of carbonyl (C=O) groups excluding carboxylic acids is 1. The maximum Gasteiger partial charge on any atom is 0.260 e. The van der Waals surface area contributed by atoms with Gasteiger partial charge in [-0.1, -0.05) is 23.7 Å². The standard InChI is InChI=1S/C21H23ClN2O4/c22-17-5-1-2-6-18(17)28-14-21(25)24-9-3-4-16(13-24)23-15-7-8-19-20(12-15)27-11-10-26-19/h1-2,5-8,12,16,23H,3-4,9-11,13-14H2/t16-/m0/s1. The average Bonchev–Trinajstić information content (AvgIpc) is 2.73. The van der Waals surface area contributed by atoms with E-state index in [-0.39, 0.29) is 18.6 Å². The van der Waals surface area contributed by atoms with Crippen molar-refractivity contribution < 1.29 is 19.0 Å². The van der Waals surface area contributed by atoms with Crippen LogP contribution in [0.3, 0.4) is 0 Å². The highest BCUT2D eigenvalue weighted by molar-refractivity contribution is 6.32. The second kappa shape index (κ2) is 8.61. The van der Waals surface area contributed by atoms with E-state index in [1.54, 1.807) is 12.1 Å². The number of hydrogen-bond donors (Lipinski definition) is 1. The van der Waals surface area contributed by atoms with Crippen LogP contribution in [-0.4, -0.2) is 49.8 Å². The number of nitrogens with one attached hydrogen (secondary N) is 1. The zero-order chi connectivity index (χ0) is 19.3. The molecule has 1 atom stereocenters. The van der Waals surface area contributed by atoms with Gasteiger partial charge in [0, 0.05) is 30.9 Å². The highest BCUT2D eigenvalue weighted by Gasteiger charge is 2.24. The van der Waals surface area contributed by atoms with Gasteiger partial charge in [-0.05, 0) is 37.1 Å². The Balaban J connectivity index is 1.32. The largest absolute Gasteiger partial charge is 0.486 e. The molecule has 2 aromatic rings. The third kappa shape index (κ3) is 4.44. The SMILES string of the molecule is O=C(COc1ccccc1Cl)N1CCC[C@H](Nc2ccc3c(c2)OCCO3)C1. The van der Waals surface area contributed by atoms with Crippen LogP contribution in [0.15, 0.2) is 42.5 Å². The molecule has 2 aliphatic heterocycles. The molecular weight excluding hydrogens is 380 g/mol. The summed E-state index contributed by atoms with van der Waals surface area (Å²) < 4.78 is 16.8. The molecule has 1 fully saturated rings. The maximum atomic E-state index is 12.6. The molecule has 4 rings (SSSR count). The number of piperidine rings is 1. The molecule has 2 aromatic carbocycles. The van der Waals surface area contributed by atoms with Gasteiger partial charge in [-0.2, -0.15) is 0 Å². The van der Waals surface area contributed by atoms with Gasteiger partial charge in [0.2, 0.25) is 0 Å². The third-order valence-corrected chi connectivity index (χ3v) is 5.19. The second-order valence-corrected chi connectivity index (χ2v) is 7.31. The van der Waals surface area contributed by atoms with Crippen LogP contribution < -0.4 is 19.5 Å². The Morgan fingerprint density at radius 3 is 2.86 bits per heavy atom. The first-order valence-corrected chi connectivity index (χ1v) is 9.88. The van der Waals surface area contributed by atoms with Gasteiger partial charge in [0.1, 0.15) is 19.0 Å². The van der Waals surface area contributed by atoms with Crippen molar-refractivity contribution in [3.05, 3.63) is 47.5 Å². The summed E-state index contributed by atoms with van der Waals surface area (Å²) in [5.74, 6) is 2.02. The van der Waals surface area contributed by atoms with E-state index in [1.165, 1.54) is 0 Å². The van der Waals surface area contributed by atoms with E-state index >= 15 is 0 Å². The molecular formula is C21H23ClN2O4. The number of hydrogen-bond acceptors (Lipinski definition) is 5. The lowest BCUT2D eigenvalue weighted by molar-refractivity contribution is -0.134. The first kappa shape index (κ1) is 18.7. The van der Waals surface area contributed by atoms with Crippen molar-refractivity contribution in [2.75, 3.05) is 38.2 Å².